The molecule has 2 atom stereocenters. The molecule has 22 heavy (non-hydrogen) atoms. The third-order valence-electron chi connectivity index (χ3n) is 4.18. The average molecular weight is 304 g/mol. The van der Waals surface area contributed by atoms with E-state index in [1.54, 1.807) is 0 Å². The smallest absolute Gasteiger partial charge is 0.410 e. The SMILES string of the molecule is C[C@H]1[C@@H](N(C)Cc2ccccc2)CCN1C(=O)OC(C)(C)C. The predicted octanol–water partition coefficient (Wildman–Crippen LogP) is 3.52. The van der Waals surface area contributed by atoms with Crippen LogP contribution < -0.4 is 0 Å². The van der Waals surface area contributed by atoms with E-state index in [1.807, 2.05) is 31.7 Å². The van der Waals surface area contributed by atoms with E-state index >= 15 is 0 Å². The van der Waals surface area contributed by atoms with Crippen molar-refractivity contribution in [2.45, 2.75) is 58.3 Å². The first-order valence-electron chi connectivity index (χ1n) is 8.02. The lowest BCUT2D eigenvalue weighted by Gasteiger charge is -2.32. The van der Waals surface area contributed by atoms with Gasteiger partial charge in [0, 0.05) is 25.2 Å². The maximum absolute atomic E-state index is 12.3. The summed E-state index contributed by atoms with van der Waals surface area (Å²) in [7, 11) is 2.13. The van der Waals surface area contributed by atoms with Crippen LogP contribution in [-0.2, 0) is 11.3 Å². The number of hydrogen-bond acceptors (Lipinski definition) is 3. The molecule has 1 aliphatic rings. The van der Waals surface area contributed by atoms with Crippen LogP contribution in [0, 0.1) is 0 Å². The fraction of sp³-hybridized carbons (Fsp3) is 0.611. The average Bonchev–Trinajstić information content (AvgIpc) is 2.80. The minimum Gasteiger partial charge on any atom is -0.444 e. The van der Waals surface area contributed by atoms with E-state index < -0.39 is 5.60 Å². The quantitative estimate of drug-likeness (QED) is 0.856. The molecule has 1 saturated heterocycles. The molecule has 0 saturated carbocycles. The van der Waals surface area contributed by atoms with Gasteiger partial charge in [-0.15, -0.1) is 0 Å². The van der Waals surface area contributed by atoms with E-state index in [4.69, 9.17) is 4.74 Å². The molecule has 1 aliphatic heterocycles. The number of ether oxygens (including phenoxy) is 1. The van der Waals surface area contributed by atoms with Crippen molar-refractivity contribution < 1.29 is 9.53 Å². The topological polar surface area (TPSA) is 32.8 Å². The van der Waals surface area contributed by atoms with Crippen LogP contribution in [-0.4, -0.2) is 47.2 Å². The Kier molecular flexibility index (Phi) is 5.12. The molecule has 4 heteroatoms. The highest BCUT2D eigenvalue weighted by molar-refractivity contribution is 5.69. The number of likely N-dealkylation sites (N-methyl/N-ethyl adjacent to an activating group) is 1. The van der Waals surface area contributed by atoms with E-state index in [0.717, 1.165) is 19.5 Å². The van der Waals surface area contributed by atoms with E-state index in [-0.39, 0.29) is 12.1 Å². The van der Waals surface area contributed by atoms with Crippen LogP contribution in [0.15, 0.2) is 30.3 Å². The maximum atomic E-state index is 12.3. The molecule has 1 aromatic carbocycles. The Morgan fingerprint density at radius 3 is 2.55 bits per heavy atom. The van der Waals surface area contributed by atoms with Crippen molar-refractivity contribution in [3.63, 3.8) is 0 Å². The van der Waals surface area contributed by atoms with Crippen molar-refractivity contribution >= 4 is 6.09 Å². The summed E-state index contributed by atoms with van der Waals surface area (Å²) < 4.78 is 5.51. The Hall–Kier alpha value is -1.55. The van der Waals surface area contributed by atoms with Crippen LogP contribution in [0.1, 0.15) is 39.7 Å². The third-order valence-corrected chi connectivity index (χ3v) is 4.18. The van der Waals surface area contributed by atoms with Gasteiger partial charge in [-0.2, -0.15) is 0 Å². The fourth-order valence-corrected chi connectivity index (χ4v) is 3.08. The molecule has 4 nitrogen and oxygen atoms in total. The van der Waals surface area contributed by atoms with Gasteiger partial charge in [0.15, 0.2) is 0 Å². The highest BCUT2D eigenvalue weighted by Crippen LogP contribution is 2.25. The number of carbonyl (C=O) groups is 1. The zero-order valence-corrected chi connectivity index (χ0v) is 14.4. The van der Waals surface area contributed by atoms with Crippen LogP contribution in [0.3, 0.4) is 0 Å². The third kappa shape index (κ3) is 4.23. The molecule has 0 N–H and O–H groups in total. The molecular formula is C18H28N2O2. The molecule has 0 aliphatic carbocycles. The van der Waals surface area contributed by atoms with Crippen molar-refractivity contribution in [2.24, 2.45) is 0 Å². The second-order valence-electron chi connectivity index (χ2n) is 7.17. The fourth-order valence-electron chi connectivity index (χ4n) is 3.08. The van der Waals surface area contributed by atoms with Gasteiger partial charge in [0.25, 0.3) is 0 Å². The van der Waals surface area contributed by atoms with Gasteiger partial charge < -0.3 is 9.64 Å². The summed E-state index contributed by atoms with van der Waals surface area (Å²) >= 11 is 0. The first-order chi connectivity index (χ1) is 10.3. The largest absolute Gasteiger partial charge is 0.444 e. The molecule has 0 radical (unpaired) electrons. The minimum atomic E-state index is -0.440. The molecule has 1 aromatic rings. The Balaban J connectivity index is 1.95. The van der Waals surface area contributed by atoms with Crippen LogP contribution >= 0.6 is 0 Å². The van der Waals surface area contributed by atoms with Crippen LogP contribution in [0.25, 0.3) is 0 Å². The van der Waals surface area contributed by atoms with Crippen LogP contribution in [0.2, 0.25) is 0 Å². The van der Waals surface area contributed by atoms with E-state index in [2.05, 4.69) is 43.1 Å². The highest BCUT2D eigenvalue weighted by Gasteiger charge is 2.37. The van der Waals surface area contributed by atoms with Gasteiger partial charge in [-0.3, -0.25) is 4.90 Å². The molecule has 122 valence electrons. The van der Waals surface area contributed by atoms with E-state index in [0.29, 0.717) is 6.04 Å². The lowest BCUT2D eigenvalue weighted by Crippen LogP contribution is -2.45. The summed E-state index contributed by atoms with van der Waals surface area (Å²) in [6.07, 6.45) is 0.791. The van der Waals surface area contributed by atoms with Gasteiger partial charge in [-0.1, -0.05) is 30.3 Å². The molecule has 1 fully saturated rings. The standard InChI is InChI=1S/C18H28N2O2/c1-14-16(19(5)13-15-9-7-6-8-10-15)11-12-20(14)17(21)22-18(2,3)4/h6-10,14,16H,11-13H2,1-5H3/t14-,16-/m0/s1. The lowest BCUT2D eigenvalue weighted by molar-refractivity contribution is 0.0207. The number of hydrogen-bond donors (Lipinski definition) is 0. The van der Waals surface area contributed by atoms with Crippen molar-refractivity contribution in [3.8, 4) is 0 Å². The molecule has 2 rings (SSSR count). The second-order valence-corrected chi connectivity index (χ2v) is 7.17. The summed E-state index contributed by atoms with van der Waals surface area (Å²) in [5, 5.41) is 0. The zero-order valence-electron chi connectivity index (χ0n) is 14.4. The number of amides is 1. The summed E-state index contributed by atoms with van der Waals surface area (Å²) in [5.74, 6) is 0. The lowest BCUT2D eigenvalue weighted by atomic mass is 10.1. The Morgan fingerprint density at radius 2 is 1.95 bits per heavy atom. The van der Waals surface area contributed by atoms with Gasteiger partial charge in [-0.25, -0.2) is 4.79 Å². The van der Waals surface area contributed by atoms with Crippen molar-refractivity contribution in [1.29, 1.82) is 0 Å². The van der Waals surface area contributed by atoms with Crippen LogP contribution in [0.5, 0.6) is 0 Å². The molecule has 1 heterocycles. The summed E-state index contributed by atoms with van der Waals surface area (Å²) in [6, 6.07) is 11.0. The van der Waals surface area contributed by atoms with Gasteiger partial charge >= 0.3 is 6.09 Å². The van der Waals surface area contributed by atoms with Gasteiger partial charge in [-0.05, 0) is 46.7 Å². The van der Waals surface area contributed by atoms with Crippen molar-refractivity contribution in [1.82, 2.24) is 9.80 Å². The first kappa shape index (κ1) is 16.8. The molecule has 0 bridgehead atoms. The summed E-state index contributed by atoms with van der Waals surface area (Å²) in [5.41, 5.74) is 0.859. The number of rotatable bonds is 3. The van der Waals surface area contributed by atoms with E-state index in [9.17, 15) is 4.79 Å². The number of likely N-dealkylation sites (tertiary alicyclic amines) is 1. The molecule has 0 aromatic heterocycles. The maximum Gasteiger partial charge on any atom is 0.410 e. The molecular weight excluding hydrogens is 276 g/mol. The molecule has 0 spiro atoms. The first-order valence-corrected chi connectivity index (χ1v) is 8.02. The van der Waals surface area contributed by atoms with E-state index in [1.165, 1.54) is 5.56 Å². The Labute approximate surface area is 134 Å². The normalized spacial score (nSPS) is 22.2. The number of benzene rings is 1. The van der Waals surface area contributed by atoms with Gasteiger partial charge in [0.1, 0.15) is 5.60 Å². The Bertz CT molecular complexity index is 496. The van der Waals surface area contributed by atoms with Crippen molar-refractivity contribution in [2.75, 3.05) is 13.6 Å². The summed E-state index contributed by atoms with van der Waals surface area (Å²) in [4.78, 5) is 16.5. The predicted molar refractivity (Wildman–Crippen MR) is 88.7 cm³/mol. The number of nitrogens with zero attached hydrogens (tertiary/aromatic N) is 2. The minimum absolute atomic E-state index is 0.170. The van der Waals surface area contributed by atoms with Crippen molar-refractivity contribution in [3.05, 3.63) is 35.9 Å². The summed E-state index contributed by atoms with van der Waals surface area (Å²) in [6.45, 7) is 9.50. The Morgan fingerprint density at radius 1 is 1.32 bits per heavy atom. The molecule has 0 unspecified atom stereocenters. The second kappa shape index (κ2) is 6.69. The monoisotopic (exact) mass is 304 g/mol. The molecule has 1 amide bonds. The van der Waals surface area contributed by atoms with Crippen LogP contribution in [0.4, 0.5) is 4.79 Å². The highest BCUT2D eigenvalue weighted by atomic mass is 16.6. The zero-order chi connectivity index (χ0) is 16.3. The van der Waals surface area contributed by atoms with Gasteiger partial charge in [0.05, 0.1) is 0 Å². The van der Waals surface area contributed by atoms with Gasteiger partial charge in [0.2, 0.25) is 0 Å². The number of carbonyl (C=O) groups excluding carboxylic acids is 1.